The molecular formula is C45H72O36. The average Bonchev–Trinajstić information content (AvgIpc) is 3.54. The number of rotatable bonds is 5. The number of carbonyl (C=O) groups is 1. The van der Waals surface area contributed by atoms with Gasteiger partial charge in [-0.1, -0.05) is 0 Å². The van der Waals surface area contributed by atoms with Gasteiger partial charge in [0.1, 0.15) is 184 Å². The third-order valence-electron chi connectivity index (χ3n) is 15.5. The lowest BCUT2D eigenvalue weighted by Gasteiger charge is -2.50. The maximum Gasteiger partial charge on any atom is 0.187 e. The van der Waals surface area contributed by atoms with Crippen LogP contribution in [0.1, 0.15) is 0 Å². The lowest BCUT2D eigenvalue weighted by Crippen LogP contribution is -2.68. The molecule has 0 spiro atoms. The van der Waals surface area contributed by atoms with E-state index in [-0.39, 0.29) is 0 Å². The van der Waals surface area contributed by atoms with Gasteiger partial charge >= 0.3 is 0 Å². The number of hydrogen-bond donors (Lipinski definition) is 19. The van der Waals surface area contributed by atoms with Gasteiger partial charge in [0.05, 0.1) is 46.2 Å². The van der Waals surface area contributed by atoms with Gasteiger partial charge in [-0.3, -0.25) is 4.79 Å². The third kappa shape index (κ3) is 12.8. The average molecular weight is 1190 g/mol. The first-order valence-electron chi connectivity index (χ1n) is 26.1. The zero-order valence-corrected chi connectivity index (χ0v) is 42.5. The number of fused-ring (bicyclic) bond motifs is 5. The molecule has 468 valence electrons. The van der Waals surface area contributed by atoms with Gasteiger partial charge in [-0.25, -0.2) is 0 Å². The number of ether oxygens (including phenoxy) is 16. The van der Waals surface area contributed by atoms with Crippen molar-refractivity contribution in [1.29, 1.82) is 0 Å². The van der Waals surface area contributed by atoms with Crippen molar-refractivity contribution in [2.24, 2.45) is 0 Å². The van der Waals surface area contributed by atoms with Crippen LogP contribution in [0.2, 0.25) is 0 Å². The van der Waals surface area contributed by atoms with Crippen molar-refractivity contribution in [3.8, 4) is 0 Å². The highest BCUT2D eigenvalue weighted by molar-refractivity contribution is 5.80. The fourth-order valence-electron chi connectivity index (χ4n) is 11.0. The molecule has 0 saturated carbocycles. The summed E-state index contributed by atoms with van der Waals surface area (Å²) in [4.78, 5) is 13.4. The Morgan fingerprint density at radius 3 is 0.654 bits per heavy atom. The van der Waals surface area contributed by atoms with Crippen molar-refractivity contribution in [2.45, 2.75) is 215 Å². The van der Waals surface area contributed by atoms with E-state index in [1.807, 2.05) is 0 Å². The van der Waals surface area contributed by atoms with Gasteiger partial charge in [0.2, 0.25) is 0 Å². The lowest BCUT2D eigenvalue weighted by atomic mass is 9.95. The number of aliphatic hydroxyl groups excluding tert-OH is 19. The molecule has 14 heterocycles. The second-order valence-electron chi connectivity index (χ2n) is 20.9. The van der Waals surface area contributed by atoms with Crippen LogP contribution >= 0.6 is 0 Å². The summed E-state index contributed by atoms with van der Waals surface area (Å²) in [7, 11) is 0. The van der Waals surface area contributed by atoms with E-state index in [0.29, 0.717) is 0 Å². The minimum Gasteiger partial charge on any atom is -0.394 e. The SMILES string of the molecule is O=C1COC[C@H]2O[C@@H]3O[C@H]4[C@H](O)[C@@H](O)[C@@H](O[C@H]5[C@H](O)[C@@H](O)[C@@H](O[C@H]6[C@H](O)[C@@H](O)[C@@H](O[C@H]7[C@@H](O)[C@@H](O)[C@@H](O[C@H]8[C@H](O)[C@H](O)[C@@H](O[C@H]9[C@H](O)[C@@H](O)[C@@H](O[C@H]2[C@H](O)[C@H]3O)O[C@@H]9CO)O[C@@H]8CO)O[C@@H]7CO)O[C@@H]6COC1)O[C@@H]5CO)O[C@@H]4CO. The molecule has 0 aliphatic carbocycles. The Balaban J connectivity index is 1.08. The number of aliphatic hydroxyl groups is 19. The van der Waals surface area contributed by atoms with Crippen LogP contribution in [0.5, 0.6) is 0 Å². The van der Waals surface area contributed by atoms with E-state index in [9.17, 15) is 102 Å². The van der Waals surface area contributed by atoms with Crippen molar-refractivity contribution in [3.63, 3.8) is 0 Å². The van der Waals surface area contributed by atoms with E-state index < -0.39 is 280 Å². The smallest absolute Gasteiger partial charge is 0.187 e. The Bertz CT molecular complexity index is 1990. The van der Waals surface area contributed by atoms with E-state index >= 15 is 0 Å². The van der Waals surface area contributed by atoms with Gasteiger partial charge in [-0.05, 0) is 0 Å². The van der Waals surface area contributed by atoms with Crippen LogP contribution in [-0.4, -0.2) is 377 Å². The molecule has 14 saturated heterocycles. The predicted octanol–water partition coefficient (Wildman–Crippen LogP) is -14.6. The standard InChI is InChI=1S/C45H72O36/c46-1-11-32-18(52)25(59)39(68-11)76-33-12(2-47)71-42(28(62)21(33)55)80-37-16-8-66-6-10(51)7-67-9-17-38(23(57)30(64)44(73-17)78-35-14(4-49)69-40(75-32)26(60)19(35)53)81-43-29(63)22(56)34(13(3-48)72-43)77-41-27(61)20(54)36(15(5-50)70-41)79-45(74-16)31(65)24(37)58/h11-50,52-65H,1-9H2/t11-,12-,13-,14-,15-,16-,17-,18-,19+,20-,21-,22-,23-,24-,25+,26-,27-,28-,29-,30-,31-,32-,33-,34-,35-,36-,37-,38-,39-,40-,41-,42-,43-,44-,45-/m1/s1. The Labute approximate surface area is 457 Å². The molecule has 14 fully saturated rings. The van der Waals surface area contributed by atoms with Gasteiger partial charge < -0.3 is 173 Å². The van der Waals surface area contributed by atoms with Crippen molar-refractivity contribution in [3.05, 3.63) is 0 Å². The first kappa shape index (κ1) is 63.8. The Hall–Kier alpha value is -1.73. The van der Waals surface area contributed by atoms with Crippen molar-refractivity contribution in [1.82, 2.24) is 0 Å². The predicted molar refractivity (Wildman–Crippen MR) is 241 cm³/mol. The molecule has 0 unspecified atom stereocenters. The van der Waals surface area contributed by atoms with Gasteiger partial charge in [0, 0.05) is 0 Å². The summed E-state index contributed by atoms with van der Waals surface area (Å²) in [6, 6.07) is 0. The fraction of sp³-hybridized carbons (Fsp3) is 0.978. The van der Waals surface area contributed by atoms with Crippen LogP contribution < -0.4 is 0 Å². The van der Waals surface area contributed by atoms with Crippen LogP contribution in [0.15, 0.2) is 0 Å². The van der Waals surface area contributed by atoms with E-state index in [0.717, 1.165) is 0 Å². The zero-order valence-electron chi connectivity index (χ0n) is 42.5. The molecule has 0 radical (unpaired) electrons. The quantitative estimate of drug-likeness (QED) is 0.122. The molecule has 0 aromatic heterocycles. The minimum absolute atomic E-state index is 0.798. The number of hydrogen-bond acceptors (Lipinski definition) is 36. The first-order valence-corrected chi connectivity index (χ1v) is 26.1. The second-order valence-corrected chi connectivity index (χ2v) is 20.9. The first-order chi connectivity index (χ1) is 38.6. The van der Waals surface area contributed by atoms with Gasteiger partial charge in [0.15, 0.2) is 49.8 Å². The highest BCUT2D eigenvalue weighted by Gasteiger charge is 2.59. The zero-order chi connectivity index (χ0) is 58.5. The van der Waals surface area contributed by atoms with E-state index in [1.165, 1.54) is 0 Å². The van der Waals surface area contributed by atoms with Crippen LogP contribution in [0, 0.1) is 0 Å². The van der Waals surface area contributed by atoms with Crippen LogP contribution in [0.3, 0.4) is 0 Å². The maximum atomic E-state index is 13.4. The Morgan fingerprint density at radius 2 is 0.444 bits per heavy atom. The number of ketones is 1. The van der Waals surface area contributed by atoms with Gasteiger partial charge in [-0.15, -0.1) is 0 Å². The molecule has 0 amide bonds. The van der Waals surface area contributed by atoms with Crippen molar-refractivity contribution >= 4 is 5.78 Å². The molecule has 0 aromatic rings. The van der Waals surface area contributed by atoms with Crippen molar-refractivity contribution < 1.29 is 178 Å². The molecule has 19 N–H and O–H groups in total. The maximum absolute atomic E-state index is 13.4. The summed E-state index contributed by atoms with van der Waals surface area (Å²) < 4.78 is 92.7. The summed E-state index contributed by atoms with van der Waals surface area (Å²) in [6.45, 7) is -8.56. The molecule has 81 heavy (non-hydrogen) atoms. The molecule has 14 rings (SSSR count). The van der Waals surface area contributed by atoms with E-state index in [4.69, 9.17) is 75.8 Å². The van der Waals surface area contributed by atoms with E-state index in [1.54, 1.807) is 0 Å². The number of carbonyl (C=O) groups excluding carboxylic acids is 1. The Kier molecular flexibility index (Phi) is 21.3. The largest absolute Gasteiger partial charge is 0.394 e. The lowest BCUT2D eigenvalue weighted by molar-refractivity contribution is -0.396. The topological polar surface area (TPSA) is 549 Å². The van der Waals surface area contributed by atoms with Crippen LogP contribution in [0.25, 0.3) is 0 Å². The third-order valence-corrected chi connectivity index (χ3v) is 15.5. The summed E-state index contributed by atoms with van der Waals surface area (Å²) in [5.74, 6) is -0.863. The summed E-state index contributed by atoms with van der Waals surface area (Å²) >= 11 is 0. The molecule has 0 aromatic carbocycles. The van der Waals surface area contributed by atoms with Crippen LogP contribution in [0.4, 0.5) is 0 Å². The molecular weight excluding hydrogens is 1120 g/mol. The molecule has 14 aliphatic rings. The van der Waals surface area contributed by atoms with Crippen LogP contribution in [-0.2, 0) is 80.6 Å². The Morgan fingerprint density at radius 1 is 0.259 bits per heavy atom. The fourth-order valence-corrected chi connectivity index (χ4v) is 11.0. The van der Waals surface area contributed by atoms with Gasteiger partial charge in [0.25, 0.3) is 0 Å². The highest BCUT2D eigenvalue weighted by atomic mass is 16.8. The molecule has 36 heteroatoms. The molecule has 14 aliphatic heterocycles. The van der Waals surface area contributed by atoms with Crippen molar-refractivity contribution in [2.75, 3.05) is 59.5 Å². The van der Waals surface area contributed by atoms with E-state index in [2.05, 4.69) is 0 Å². The molecule has 14 bridgehead atoms. The second kappa shape index (κ2) is 27.1. The molecule has 36 nitrogen and oxygen atoms in total. The number of Topliss-reactive ketones (excluding diaryl/α,β-unsaturated/α-hetero) is 1. The summed E-state index contributed by atoms with van der Waals surface area (Å²) in [5.41, 5.74) is 0. The molecule has 35 atom stereocenters. The summed E-state index contributed by atoms with van der Waals surface area (Å²) in [6.07, 6.45) is -70.8. The van der Waals surface area contributed by atoms with Gasteiger partial charge in [-0.2, -0.15) is 0 Å². The monoisotopic (exact) mass is 1190 g/mol. The normalized spacial score (nSPS) is 54.5. The summed E-state index contributed by atoms with van der Waals surface area (Å²) in [5, 5.41) is 213. The minimum atomic E-state index is -2.25. The highest BCUT2D eigenvalue weighted by Crippen LogP contribution is 2.39.